The number of hydrogen-bond donors (Lipinski definition) is 1. The summed E-state index contributed by atoms with van der Waals surface area (Å²) in [6.07, 6.45) is 2.81. The molecular formula is C8H12N4. The molecule has 1 aromatic heterocycles. The van der Waals surface area contributed by atoms with Crippen molar-refractivity contribution >= 4 is 17.7 Å². The number of hydrogen-bond acceptors (Lipinski definition) is 3. The lowest BCUT2D eigenvalue weighted by Gasteiger charge is -2.08. The molecule has 64 valence electrons. The van der Waals surface area contributed by atoms with Crippen molar-refractivity contribution in [2.45, 2.75) is 13.3 Å². The highest BCUT2D eigenvalue weighted by atomic mass is 15.3. The molecule has 0 bridgehead atoms. The lowest BCUT2D eigenvalue weighted by molar-refractivity contribution is 0.751. The van der Waals surface area contributed by atoms with Gasteiger partial charge in [0, 0.05) is 13.3 Å². The highest BCUT2D eigenvalue weighted by molar-refractivity contribution is 5.79. The molecule has 1 N–H and O–H groups in total. The summed E-state index contributed by atoms with van der Waals surface area (Å²) in [6.45, 7) is 2.89. The molecule has 0 aromatic carbocycles. The molecule has 4 heteroatoms. The first kappa shape index (κ1) is 7.34. The van der Waals surface area contributed by atoms with Gasteiger partial charge in [0.15, 0.2) is 5.82 Å². The summed E-state index contributed by atoms with van der Waals surface area (Å²) in [5, 5.41) is 7.59. The van der Waals surface area contributed by atoms with Gasteiger partial charge in [0.25, 0.3) is 0 Å². The van der Waals surface area contributed by atoms with Gasteiger partial charge in [0.05, 0.1) is 12.2 Å². The molecule has 12 heavy (non-hydrogen) atoms. The Morgan fingerprint density at radius 2 is 2.50 bits per heavy atom. The van der Waals surface area contributed by atoms with E-state index in [-0.39, 0.29) is 0 Å². The van der Waals surface area contributed by atoms with Crippen molar-refractivity contribution < 1.29 is 0 Å². The summed E-state index contributed by atoms with van der Waals surface area (Å²) in [6, 6.07) is 0. The van der Waals surface area contributed by atoms with Gasteiger partial charge in [-0.25, -0.2) is 0 Å². The fraction of sp³-hybridized carbons (Fsp3) is 0.500. The van der Waals surface area contributed by atoms with Gasteiger partial charge < -0.3 is 5.32 Å². The summed E-state index contributed by atoms with van der Waals surface area (Å²) in [5.74, 6) is 1.04. The summed E-state index contributed by atoms with van der Waals surface area (Å²) in [4.78, 5) is 4.31. The lowest BCUT2D eigenvalue weighted by atomic mass is 10.3. The third-order valence-corrected chi connectivity index (χ3v) is 2.01. The third kappa shape index (κ3) is 0.913. The Morgan fingerprint density at radius 1 is 1.67 bits per heavy atom. The second kappa shape index (κ2) is 2.62. The van der Waals surface area contributed by atoms with Gasteiger partial charge in [-0.1, -0.05) is 6.92 Å². The molecule has 0 fully saturated rings. The van der Waals surface area contributed by atoms with E-state index >= 15 is 0 Å². The molecule has 2 rings (SSSR count). The van der Waals surface area contributed by atoms with E-state index < -0.39 is 0 Å². The predicted molar refractivity (Wildman–Crippen MR) is 49.2 cm³/mol. The quantitative estimate of drug-likeness (QED) is 0.675. The van der Waals surface area contributed by atoms with Gasteiger partial charge >= 0.3 is 0 Å². The molecule has 0 spiro atoms. The molecule has 0 saturated heterocycles. The number of aliphatic imine (C=N–C) groups is 1. The number of aryl methyl sites for hydroxylation is 2. The smallest absolute Gasteiger partial charge is 0.150 e. The topological polar surface area (TPSA) is 42.2 Å². The van der Waals surface area contributed by atoms with Crippen molar-refractivity contribution in [1.29, 1.82) is 0 Å². The Labute approximate surface area is 71.3 Å². The zero-order chi connectivity index (χ0) is 8.55. The van der Waals surface area contributed by atoms with Gasteiger partial charge in [0.2, 0.25) is 0 Å². The van der Waals surface area contributed by atoms with Gasteiger partial charge in [0.1, 0.15) is 5.69 Å². The summed E-state index contributed by atoms with van der Waals surface area (Å²) >= 11 is 0. The Bertz CT molecular complexity index is 324. The molecule has 0 atom stereocenters. The second-order valence-corrected chi connectivity index (χ2v) is 2.81. The van der Waals surface area contributed by atoms with Crippen LogP contribution in [0, 0.1) is 0 Å². The van der Waals surface area contributed by atoms with Gasteiger partial charge in [-0.3, -0.25) is 9.67 Å². The van der Waals surface area contributed by atoms with Gasteiger partial charge in [-0.15, -0.1) is 0 Å². The lowest BCUT2D eigenvalue weighted by Crippen LogP contribution is -2.09. The van der Waals surface area contributed by atoms with E-state index in [1.807, 2.05) is 17.9 Å². The molecule has 1 aromatic rings. The SMILES string of the molecule is CCc1nn(C)c2c1N=CCN2. The van der Waals surface area contributed by atoms with Crippen LogP contribution in [0.1, 0.15) is 12.6 Å². The fourth-order valence-corrected chi connectivity index (χ4v) is 1.42. The molecule has 0 saturated carbocycles. The molecule has 0 radical (unpaired) electrons. The normalized spacial score (nSPS) is 14.2. The second-order valence-electron chi connectivity index (χ2n) is 2.81. The largest absolute Gasteiger partial charge is 0.363 e. The first-order valence-corrected chi connectivity index (χ1v) is 4.15. The minimum absolute atomic E-state index is 0.801. The molecule has 1 aliphatic rings. The van der Waals surface area contributed by atoms with Crippen LogP contribution in [0.15, 0.2) is 4.99 Å². The minimum Gasteiger partial charge on any atom is -0.363 e. The fourth-order valence-electron chi connectivity index (χ4n) is 1.42. The van der Waals surface area contributed by atoms with Crippen LogP contribution in [0.2, 0.25) is 0 Å². The Hall–Kier alpha value is -1.32. The number of fused-ring (bicyclic) bond motifs is 1. The Balaban J connectivity index is 2.56. The van der Waals surface area contributed by atoms with Crippen molar-refractivity contribution in [3.63, 3.8) is 0 Å². The zero-order valence-electron chi connectivity index (χ0n) is 7.33. The Kier molecular flexibility index (Phi) is 1.60. The molecule has 0 aliphatic carbocycles. The summed E-state index contributed by atoms with van der Waals surface area (Å²) in [5.41, 5.74) is 2.07. The number of nitrogens with zero attached hydrogens (tertiary/aromatic N) is 3. The van der Waals surface area contributed by atoms with Crippen molar-refractivity contribution in [3.05, 3.63) is 5.69 Å². The van der Waals surface area contributed by atoms with E-state index in [1.54, 1.807) is 0 Å². The Morgan fingerprint density at radius 3 is 3.25 bits per heavy atom. The average Bonchev–Trinajstić information content (AvgIpc) is 2.44. The van der Waals surface area contributed by atoms with Crippen LogP contribution in [-0.2, 0) is 13.5 Å². The number of nitrogens with one attached hydrogen (secondary N) is 1. The monoisotopic (exact) mass is 164 g/mol. The van der Waals surface area contributed by atoms with Crippen LogP contribution in [-0.4, -0.2) is 22.5 Å². The minimum atomic E-state index is 0.801. The van der Waals surface area contributed by atoms with Crippen LogP contribution in [0.3, 0.4) is 0 Å². The first-order chi connectivity index (χ1) is 5.83. The van der Waals surface area contributed by atoms with E-state index in [2.05, 4.69) is 22.3 Å². The number of aromatic nitrogens is 2. The molecule has 1 aliphatic heterocycles. The van der Waals surface area contributed by atoms with Crippen LogP contribution in [0.25, 0.3) is 0 Å². The summed E-state index contributed by atoms with van der Waals surface area (Å²) in [7, 11) is 1.94. The number of rotatable bonds is 1. The van der Waals surface area contributed by atoms with Crippen molar-refractivity contribution in [2.24, 2.45) is 12.0 Å². The molecule has 0 unspecified atom stereocenters. The zero-order valence-corrected chi connectivity index (χ0v) is 7.33. The standard InChI is InChI=1S/C8H12N4/c1-3-6-7-8(12(2)11-6)10-5-4-9-7/h4,10H,3,5H2,1-2H3. The predicted octanol–water partition coefficient (Wildman–Crippen LogP) is 1.11. The van der Waals surface area contributed by atoms with E-state index in [0.29, 0.717) is 0 Å². The van der Waals surface area contributed by atoms with Crippen LogP contribution in [0.5, 0.6) is 0 Å². The maximum absolute atomic E-state index is 4.35. The highest BCUT2D eigenvalue weighted by Crippen LogP contribution is 2.30. The van der Waals surface area contributed by atoms with E-state index in [1.165, 1.54) is 0 Å². The van der Waals surface area contributed by atoms with Gasteiger partial charge in [-0.2, -0.15) is 5.10 Å². The van der Waals surface area contributed by atoms with Crippen LogP contribution >= 0.6 is 0 Å². The molecular weight excluding hydrogens is 152 g/mol. The van der Waals surface area contributed by atoms with Crippen molar-refractivity contribution in [3.8, 4) is 0 Å². The van der Waals surface area contributed by atoms with Gasteiger partial charge in [-0.05, 0) is 6.42 Å². The maximum atomic E-state index is 4.35. The molecule has 2 heterocycles. The van der Waals surface area contributed by atoms with Crippen molar-refractivity contribution in [2.75, 3.05) is 11.9 Å². The van der Waals surface area contributed by atoms with Crippen LogP contribution < -0.4 is 5.32 Å². The van der Waals surface area contributed by atoms with Crippen molar-refractivity contribution in [1.82, 2.24) is 9.78 Å². The first-order valence-electron chi connectivity index (χ1n) is 4.15. The molecule has 4 nitrogen and oxygen atoms in total. The third-order valence-electron chi connectivity index (χ3n) is 2.01. The molecule has 0 amide bonds. The number of anilines is 1. The van der Waals surface area contributed by atoms with Crippen LogP contribution in [0.4, 0.5) is 11.5 Å². The van der Waals surface area contributed by atoms with E-state index in [0.717, 1.165) is 30.2 Å². The maximum Gasteiger partial charge on any atom is 0.150 e. The average molecular weight is 164 g/mol. The van der Waals surface area contributed by atoms with E-state index in [4.69, 9.17) is 0 Å². The summed E-state index contributed by atoms with van der Waals surface area (Å²) < 4.78 is 1.85. The highest BCUT2D eigenvalue weighted by Gasteiger charge is 2.15. The van der Waals surface area contributed by atoms with E-state index in [9.17, 15) is 0 Å².